The molecule has 11 heteroatoms. The van der Waals surface area contributed by atoms with Gasteiger partial charge in [0, 0.05) is 23.7 Å². The van der Waals surface area contributed by atoms with E-state index in [0.29, 0.717) is 35.5 Å². The lowest BCUT2D eigenvalue weighted by molar-refractivity contribution is 0.0916. The average molecular weight is 538 g/mol. The van der Waals surface area contributed by atoms with Gasteiger partial charge in [0.05, 0.1) is 19.3 Å². The minimum Gasteiger partial charge on any atom is -0.377 e. The molecule has 1 atom stereocenters. The minimum absolute atomic E-state index is 0.162. The molecule has 1 aliphatic carbocycles. The van der Waals surface area contributed by atoms with E-state index in [1.54, 1.807) is 0 Å². The second kappa shape index (κ2) is 10.5. The number of fused-ring (bicyclic) bond motifs is 1. The van der Waals surface area contributed by atoms with Crippen LogP contribution in [-0.2, 0) is 11.3 Å². The number of imidazole rings is 1. The van der Waals surface area contributed by atoms with Crippen LogP contribution in [0.1, 0.15) is 46.0 Å². The monoisotopic (exact) mass is 537 g/mol. The number of rotatable bonds is 6. The van der Waals surface area contributed by atoms with Gasteiger partial charge in [0.1, 0.15) is 11.2 Å². The quantitative estimate of drug-likeness (QED) is 0.368. The summed E-state index contributed by atoms with van der Waals surface area (Å²) in [6.07, 6.45) is 5.80. The molecule has 1 aliphatic heterocycles. The number of benzene rings is 1. The molecule has 10 nitrogen and oxygen atoms in total. The molecule has 1 aromatic carbocycles. The molecule has 6 rings (SSSR count). The number of H-pyrrole nitrogens is 1. The highest BCUT2D eigenvalue weighted by Crippen LogP contribution is 2.37. The number of ether oxygens (including phenoxy) is 1. The number of halogens is 1. The zero-order chi connectivity index (χ0) is 26.2. The van der Waals surface area contributed by atoms with Crippen LogP contribution in [0.4, 0.5) is 5.95 Å². The summed E-state index contributed by atoms with van der Waals surface area (Å²) < 4.78 is 12.9. The van der Waals surface area contributed by atoms with E-state index in [1.165, 1.54) is 25.7 Å². The average Bonchev–Trinajstić information content (AvgIpc) is 3.53. The van der Waals surface area contributed by atoms with Gasteiger partial charge in [0.25, 0.3) is 0 Å². The van der Waals surface area contributed by atoms with Crippen LogP contribution in [0.3, 0.4) is 0 Å². The summed E-state index contributed by atoms with van der Waals surface area (Å²) >= 11 is 6.42. The van der Waals surface area contributed by atoms with Crippen molar-refractivity contribution in [1.82, 2.24) is 29.7 Å². The Balaban J connectivity index is 1.58. The van der Waals surface area contributed by atoms with Crippen LogP contribution < -0.4 is 10.7 Å². The van der Waals surface area contributed by atoms with E-state index >= 15 is 0 Å². The SMILES string of the molecule is CC[C@@H]1COCCN1c1nc2nc(-c3noc(=O)[nH]3)nc(-c3cccc(Cl)c3)c2n1C[C@H]1CC[C@H](C)CC1. The summed E-state index contributed by atoms with van der Waals surface area (Å²) in [7, 11) is 0. The maximum atomic E-state index is 11.7. The van der Waals surface area contributed by atoms with Crippen LogP contribution in [0.15, 0.2) is 33.6 Å². The van der Waals surface area contributed by atoms with Crippen molar-refractivity contribution in [1.29, 1.82) is 0 Å². The van der Waals surface area contributed by atoms with Gasteiger partial charge in [0.15, 0.2) is 5.65 Å². The van der Waals surface area contributed by atoms with Crippen LogP contribution in [-0.4, -0.2) is 55.5 Å². The Bertz CT molecular complexity index is 1490. The zero-order valence-electron chi connectivity index (χ0n) is 21.7. The first-order chi connectivity index (χ1) is 18.5. The van der Waals surface area contributed by atoms with E-state index in [-0.39, 0.29) is 17.7 Å². The summed E-state index contributed by atoms with van der Waals surface area (Å²) in [5, 5.41) is 4.44. The lowest BCUT2D eigenvalue weighted by Gasteiger charge is -2.37. The van der Waals surface area contributed by atoms with Crippen molar-refractivity contribution in [3.8, 4) is 22.9 Å². The van der Waals surface area contributed by atoms with Gasteiger partial charge in [-0.25, -0.2) is 14.8 Å². The van der Waals surface area contributed by atoms with Crippen LogP contribution in [0.2, 0.25) is 5.02 Å². The van der Waals surface area contributed by atoms with E-state index < -0.39 is 5.76 Å². The minimum atomic E-state index is -0.662. The van der Waals surface area contributed by atoms with Gasteiger partial charge >= 0.3 is 5.76 Å². The van der Waals surface area contributed by atoms with Gasteiger partial charge in [-0.1, -0.05) is 55.6 Å². The largest absolute Gasteiger partial charge is 0.439 e. The summed E-state index contributed by atoms with van der Waals surface area (Å²) in [6.45, 7) is 7.43. The molecule has 1 saturated heterocycles. The van der Waals surface area contributed by atoms with Crippen molar-refractivity contribution in [3.05, 3.63) is 39.8 Å². The van der Waals surface area contributed by atoms with Crippen molar-refractivity contribution in [2.45, 2.75) is 58.5 Å². The molecule has 4 heterocycles. The van der Waals surface area contributed by atoms with Crippen molar-refractivity contribution < 1.29 is 9.26 Å². The smallest absolute Gasteiger partial charge is 0.377 e. The van der Waals surface area contributed by atoms with Crippen molar-refractivity contribution in [3.63, 3.8) is 0 Å². The third-order valence-electron chi connectivity index (χ3n) is 7.86. The van der Waals surface area contributed by atoms with Crippen LogP contribution in [0.5, 0.6) is 0 Å². The molecule has 38 heavy (non-hydrogen) atoms. The van der Waals surface area contributed by atoms with Gasteiger partial charge in [-0.15, -0.1) is 0 Å². The zero-order valence-corrected chi connectivity index (χ0v) is 22.4. The summed E-state index contributed by atoms with van der Waals surface area (Å²) in [6, 6.07) is 7.83. The highest BCUT2D eigenvalue weighted by molar-refractivity contribution is 6.30. The second-order valence-electron chi connectivity index (χ2n) is 10.5. The van der Waals surface area contributed by atoms with E-state index in [1.807, 2.05) is 24.3 Å². The molecule has 4 aromatic rings. The molecule has 0 amide bonds. The molecule has 1 N–H and O–H groups in total. The van der Waals surface area contributed by atoms with Crippen molar-refractivity contribution in [2.75, 3.05) is 24.7 Å². The first-order valence-electron chi connectivity index (χ1n) is 13.4. The molecule has 1 saturated carbocycles. The Morgan fingerprint density at radius 1 is 1.16 bits per heavy atom. The molecular formula is C27H32ClN7O3. The molecule has 0 unspecified atom stereocenters. The fourth-order valence-electron chi connectivity index (χ4n) is 5.71. The van der Waals surface area contributed by atoms with Gasteiger partial charge < -0.3 is 14.2 Å². The molecular weight excluding hydrogens is 506 g/mol. The molecule has 200 valence electrons. The molecule has 0 bridgehead atoms. The van der Waals surface area contributed by atoms with Gasteiger partial charge in [-0.2, -0.15) is 4.98 Å². The maximum absolute atomic E-state index is 11.7. The molecule has 2 aliphatic rings. The Morgan fingerprint density at radius 2 is 2.00 bits per heavy atom. The van der Waals surface area contributed by atoms with Crippen molar-refractivity contribution in [2.24, 2.45) is 11.8 Å². The van der Waals surface area contributed by atoms with E-state index in [2.05, 4.69) is 33.5 Å². The third-order valence-corrected chi connectivity index (χ3v) is 8.10. The number of nitrogens with zero attached hydrogens (tertiary/aromatic N) is 6. The Morgan fingerprint density at radius 3 is 2.74 bits per heavy atom. The fraction of sp³-hybridized carbons (Fsp3) is 0.519. The Hall–Kier alpha value is -3.24. The molecule has 3 aromatic heterocycles. The summed E-state index contributed by atoms with van der Waals surface area (Å²) in [4.78, 5) is 31.4. The topological polar surface area (TPSA) is 115 Å². The number of nitrogens with one attached hydrogen (secondary N) is 1. The first-order valence-corrected chi connectivity index (χ1v) is 13.8. The Labute approximate surface area is 225 Å². The Kier molecular flexibility index (Phi) is 6.92. The summed E-state index contributed by atoms with van der Waals surface area (Å²) in [5.74, 6) is 1.95. The maximum Gasteiger partial charge on any atom is 0.439 e. The number of hydrogen-bond acceptors (Lipinski definition) is 8. The fourth-order valence-corrected chi connectivity index (χ4v) is 5.90. The summed E-state index contributed by atoms with van der Waals surface area (Å²) in [5.41, 5.74) is 2.95. The standard InChI is InChI=1S/C27H32ClN7O3/c1-3-20-15-37-12-11-34(20)26-31-23-22(35(26)14-17-9-7-16(2)8-10-17)21(18-5-4-6-19(28)13-18)29-24(30-23)25-32-27(36)38-33-25/h4-6,13,16-17,20H,3,7-12,14-15H2,1-2H3,(H,32,33,36)/t16-,17-,20-/m1/s1. The normalized spacial score (nSPS) is 22.3. The van der Waals surface area contributed by atoms with Gasteiger partial charge in [0.2, 0.25) is 17.6 Å². The highest BCUT2D eigenvalue weighted by atomic mass is 35.5. The highest BCUT2D eigenvalue weighted by Gasteiger charge is 2.31. The van der Waals surface area contributed by atoms with Crippen molar-refractivity contribution >= 4 is 28.7 Å². The molecule has 0 spiro atoms. The second-order valence-corrected chi connectivity index (χ2v) is 10.9. The number of hydrogen-bond donors (Lipinski definition) is 1. The van der Waals surface area contributed by atoms with Crippen LogP contribution >= 0.6 is 11.6 Å². The van der Waals surface area contributed by atoms with Gasteiger partial charge in [-0.3, -0.25) is 9.51 Å². The lowest BCUT2D eigenvalue weighted by atomic mass is 9.83. The lowest BCUT2D eigenvalue weighted by Crippen LogP contribution is -2.46. The molecule has 0 radical (unpaired) electrons. The van der Waals surface area contributed by atoms with Crippen LogP contribution in [0.25, 0.3) is 34.1 Å². The number of anilines is 1. The predicted octanol–water partition coefficient (Wildman–Crippen LogP) is 4.93. The van der Waals surface area contributed by atoms with Gasteiger partial charge in [-0.05, 0) is 43.2 Å². The molecule has 2 fully saturated rings. The number of morpholine rings is 1. The number of aromatic nitrogens is 6. The predicted molar refractivity (Wildman–Crippen MR) is 145 cm³/mol. The van der Waals surface area contributed by atoms with E-state index in [9.17, 15) is 4.79 Å². The van der Waals surface area contributed by atoms with Crippen LogP contribution in [0, 0.1) is 11.8 Å². The first kappa shape index (κ1) is 25.1. The number of aromatic amines is 1. The third kappa shape index (κ3) is 4.82. The van der Waals surface area contributed by atoms with E-state index in [0.717, 1.165) is 42.5 Å². The van der Waals surface area contributed by atoms with E-state index in [4.69, 9.17) is 35.8 Å².